The summed E-state index contributed by atoms with van der Waals surface area (Å²) < 4.78 is 31.9. The molecule has 1 heterocycles. The number of ether oxygens (including phenoxy) is 1. The molecule has 0 radical (unpaired) electrons. The number of aromatic nitrogens is 2. The molecule has 0 aliphatic heterocycles. The summed E-state index contributed by atoms with van der Waals surface area (Å²) in [7, 11) is 1.48. The summed E-state index contributed by atoms with van der Waals surface area (Å²) in [5, 5.41) is 14.5. The van der Waals surface area contributed by atoms with Crippen LogP contribution in [0.4, 0.5) is 14.5 Å². The largest absolute Gasteiger partial charge is 0.439 e. The molecular formula is C13H13F2N3O3. The number of nitro benzene ring substituents is 1. The Morgan fingerprint density at radius 3 is 2.48 bits per heavy atom. The molecule has 0 saturated carbocycles. The number of nitrogens with zero attached hydrogens (tertiary/aromatic N) is 3. The van der Waals surface area contributed by atoms with Gasteiger partial charge < -0.3 is 4.74 Å². The second-order valence-electron chi connectivity index (χ2n) is 4.60. The first kappa shape index (κ1) is 14.9. The van der Waals surface area contributed by atoms with E-state index in [4.69, 9.17) is 4.74 Å². The maximum atomic E-state index is 12.6. The smallest absolute Gasteiger partial charge is 0.282 e. The Balaban J connectivity index is 2.36. The van der Waals surface area contributed by atoms with Gasteiger partial charge in [-0.05, 0) is 25.5 Å². The second kappa shape index (κ2) is 5.47. The van der Waals surface area contributed by atoms with E-state index in [1.54, 1.807) is 13.8 Å². The molecule has 0 aliphatic carbocycles. The quantitative estimate of drug-likeness (QED) is 0.637. The lowest BCUT2D eigenvalue weighted by atomic mass is 10.1. The molecule has 0 fully saturated rings. The van der Waals surface area contributed by atoms with Crippen LogP contribution in [0.15, 0.2) is 18.2 Å². The van der Waals surface area contributed by atoms with Crippen LogP contribution >= 0.6 is 0 Å². The fourth-order valence-corrected chi connectivity index (χ4v) is 1.87. The highest BCUT2D eigenvalue weighted by Crippen LogP contribution is 2.32. The van der Waals surface area contributed by atoms with Gasteiger partial charge in [0.05, 0.1) is 4.92 Å². The normalized spacial score (nSPS) is 11.0. The Morgan fingerprint density at radius 2 is 1.95 bits per heavy atom. The summed E-state index contributed by atoms with van der Waals surface area (Å²) in [6.45, 7) is 3.23. The Kier molecular flexibility index (Phi) is 3.88. The molecule has 0 unspecified atom stereocenters. The first-order valence-electron chi connectivity index (χ1n) is 6.05. The lowest BCUT2D eigenvalue weighted by Gasteiger charge is -2.09. The molecular weight excluding hydrogens is 284 g/mol. The summed E-state index contributed by atoms with van der Waals surface area (Å²) in [5.74, 6) is 0.503. The van der Waals surface area contributed by atoms with E-state index in [0.29, 0.717) is 16.9 Å². The average Bonchev–Trinajstić information content (AvgIpc) is 2.75. The van der Waals surface area contributed by atoms with Crippen LogP contribution in [0.2, 0.25) is 0 Å². The number of hydrogen-bond acceptors (Lipinski definition) is 4. The van der Waals surface area contributed by atoms with Crippen LogP contribution in [-0.4, -0.2) is 14.7 Å². The molecule has 1 aromatic heterocycles. The predicted octanol–water partition coefficient (Wildman–Crippen LogP) is 3.68. The van der Waals surface area contributed by atoms with Crippen LogP contribution in [0, 0.1) is 24.0 Å². The Labute approximate surface area is 119 Å². The Morgan fingerprint density at radius 1 is 1.29 bits per heavy atom. The first-order chi connectivity index (χ1) is 9.79. The number of benzene rings is 1. The standard InChI is InChI=1S/C13H13F2N3O3/c1-7-5-11(8(2)4-10(7)18(19)20)21-12-6-9(13(14)15)16-17(12)3/h4-6,13H,1-3H3. The molecule has 2 rings (SSSR count). The average molecular weight is 297 g/mol. The van der Waals surface area contributed by atoms with Crippen LogP contribution < -0.4 is 4.74 Å². The number of nitro groups is 1. The summed E-state index contributed by atoms with van der Waals surface area (Å²) in [4.78, 5) is 10.4. The van der Waals surface area contributed by atoms with Crippen molar-refractivity contribution in [3.8, 4) is 11.6 Å². The number of rotatable bonds is 4. The number of alkyl halides is 2. The van der Waals surface area contributed by atoms with E-state index in [9.17, 15) is 18.9 Å². The SMILES string of the molecule is Cc1cc([N+](=O)[O-])c(C)cc1Oc1cc(C(F)F)nn1C. The van der Waals surface area contributed by atoms with Crippen LogP contribution in [0.3, 0.4) is 0 Å². The van der Waals surface area contributed by atoms with Crippen LogP contribution in [0.1, 0.15) is 23.2 Å². The molecule has 0 N–H and O–H groups in total. The zero-order chi connectivity index (χ0) is 15.7. The van der Waals surface area contributed by atoms with E-state index in [1.165, 1.54) is 23.9 Å². The highest BCUT2D eigenvalue weighted by Gasteiger charge is 2.18. The highest BCUT2D eigenvalue weighted by atomic mass is 19.3. The predicted molar refractivity (Wildman–Crippen MR) is 70.8 cm³/mol. The first-order valence-corrected chi connectivity index (χ1v) is 6.05. The molecule has 0 aliphatic rings. The van der Waals surface area contributed by atoms with Crippen LogP contribution in [-0.2, 0) is 7.05 Å². The maximum Gasteiger partial charge on any atom is 0.282 e. The topological polar surface area (TPSA) is 70.2 Å². The van der Waals surface area contributed by atoms with Gasteiger partial charge in [0, 0.05) is 24.7 Å². The zero-order valence-corrected chi connectivity index (χ0v) is 11.6. The van der Waals surface area contributed by atoms with Crippen molar-refractivity contribution in [3.63, 3.8) is 0 Å². The van der Waals surface area contributed by atoms with Crippen molar-refractivity contribution >= 4 is 5.69 Å². The van der Waals surface area contributed by atoms with Crippen molar-refractivity contribution in [2.24, 2.45) is 7.05 Å². The van der Waals surface area contributed by atoms with Gasteiger partial charge in [0.2, 0.25) is 5.88 Å². The minimum atomic E-state index is -2.69. The summed E-state index contributed by atoms with van der Waals surface area (Å²) >= 11 is 0. The van der Waals surface area contributed by atoms with Crippen molar-refractivity contribution in [2.75, 3.05) is 0 Å². The van der Waals surface area contributed by atoms with Crippen molar-refractivity contribution < 1.29 is 18.4 Å². The van der Waals surface area contributed by atoms with Crippen LogP contribution in [0.25, 0.3) is 0 Å². The molecule has 2 aromatic rings. The lowest BCUT2D eigenvalue weighted by Crippen LogP contribution is -1.98. The highest BCUT2D eigenvalue weighted by molar-refractivity contribution is 5.50. The summed E-state index contributed by atoms with van der Waals surface area (Å²) in [6.07, 6.45) is -2.69. The van der Waals surface area contributed by atoms with Crippen LogP contribution in [0.5, 0.6) is 11.6 Å². The third-order valence-electron chi connectivity index (χ3n) is 2.98. The molecule has 8 heteroatoms. The zero-order valence-electron chi connectivity index (χ0n) is 11.6. The van der Waals surface area contributed by atoms with Crippen molar-refractivity contribution in [3.05, 3.63) is 45.1 Å². The molecule has 0 bridgehead atoms. The van der Waals surface area contributed by atoms with Crippen molar-refractivity contribution in [1.29, 1.82) is 0 Å². The summed E-state index contributed by atoms with van der Waals surface area (Å²) in [5.41, 5.74) is 0.561. The molecule has 112 valence electrons. The van der Waals surface area contributed by atoms with Gasteiger partial charge in [-0.15, -0.1) is 0 Å². The third kappa shape index (κ3) is 2.99. The Hall–Kier alpha value is -2.51. The van der Waals surface area contributed by atoms with Crippen molar-refractivity contribution in [2.45, 2.75) is 20.3 Å². The number of halogens is 2. The number of hydrogen-bond donors (Lipinski definition) is 0. The van der Waals surface area contributed by atoms with E-state index in [2.05, 4.69) is 5.10 Å². The lowest BCUT2D eigenvalue weighted by molar-refractivity contribution is -0.385. The molecule has 1 aromatic carbocycles. The van der Waals surface area contributed by atoms with Gasteiger partial charge in [0.25, 0.3) is 12.1 Å². The van der Waals surface area contributed by atoms with Gasteiger partial charge in [-0.3, -0.25) is 10.1 Å². The molecule has 0 saturated heterocycles. The summed E-state index contributed by atoms with van der Waals surface area (Å²) in [6, 6.07) is 4.03. The molecule has 0 spiro atoms. The number of aryl methyl sites for hydroxylation is 3. The molecule has 0 atom stereocenters. The van der Waals surface area contributed by atoms with E-state index < -0.39 is 11.3 Å². The van der Waals surface area contributed by atoms with E-state index in [1.807, 2.05) is 0 Å². The van der Waals surface area contributed by atoms with Gasteiger partial charge in [-0.25, -0.2) is 13.5 Å². The third-order valence-corrected chi connectivity index (χ3v) is 2.98. The minimum Gasteiger partial charge on any atom is -0.439 e. The molecule has 6 nitrogen and oxygen atoms in total. The minimum absolute atomic E-state index is 0.0156. The van der Waals surface area contributed by atoms with E-state index in [-0.39, 0.29) is 17.3 Å². The van der Waals surface area contributed by atoms with Gasteiger partial charge in [-0.2, -0.15) is 5.10 Å². The fourth-order valence-electron chi connectivity index (χ4n) is 1.87. The van der Waals surface area contributed by atoms with Gasteiger partial charge in [-0.1, -0.05) is 0 Å². The van der Waals surface area contributed by atoms with Crippen molar-refractivity contribution in [1.82, 2.24) is 9.78 Å². The van der Waals surface area contributed by atoms with E-state index in [0.717, 1.165) is 6.07 Å². The molecule has 0 amide bonds. The molecule has 21 heavy (non-hydrogen) atoms. The monoisotopic (exact) mass is 297 g/mol. The second-order valence-corrected chi connectivity index (χ2v) is 4.60. The maximum absolute atomic E-state index is 12.6. The van der Waals surface area contributed by atoms with Gasteiger partial charge >= 0.3 is 0 Å². The Bertz CT molecular complexity index is 698. The fraction of sp³-hybridized carbons (Fsp3) is 0.308. The van der Waals surface area contributed by atoms with Gasteiger partial charge in [0.1, 0.15) is 11.4 Å². The van der Waals surface area contributed by atoms with E-state index >= 15 is 0 Å². The van der Waals surface area contributed by atoms with Gasteiger partial charge in [0.15, 0.2) is 0 Å².